The van der Waals surface area contributed by atoms with Crippen molar-refractivity contribution in [1.82, 2.24) is 5.32 Å². The predicted octanol–water partition coefficient (Wildman–Crippen LogP) is -0.754. The largest absolute Gasteiger partial charge is 0.480 e. The summed E-state index contributed by atoms with van der Waals surface area (Å²) in [5.74, 6) is -2.15. The van der Waals surface area contributed by atoms with Crippen LogP contribution in [-0.4, -0.2) is 42.1 Å². The summed E-state index contributed by atoms with van der Waals surface area (Å²) >= 11 is 0. The summed E-state index contributed by atoms with van der Waals surface area (Å²) < 4.78 is 4.39. The fourth-order valence-corrected chi connectivity index (χ4v) is 1.17. The van der Waals surface area contributed by atoms with E-state index in [0.717, 1.165) is 0 Å². The van der Waals surface area contributed by atoms with Crippen molar-refractivity contribution in [3.05, 3.63) is 0 Å². The Hall–Kier alpha value is -1.63. The number of hydrogen-bond donors (Lipinski definition) is 3. The van der Waals surface area contributed by atoms with Gasteiger partial charge in [0.05, 0.1) is 7.11 Å². The van der Waals surface area contributed by atoms with Crippen LogP contribution in [-0.2, 0) is 19.1 Å². The lowest BCUT2D eigenvalue weighted by molar-refractivity contribution is -0.144. The summed E-state index contributed by atoms with van der Waals surface area (Å²) in [6.07, 6.45) is -0.0272. The highest BCUT2D eigenvalue weighted by Crippen LogP contribution is 2.00. The molecule has 0 aromatic heterocycles. The number of methoxy groups -OCH3 is 1. The zero-order valence-electron chi connectivity index (χ0n) is 9.93. The van der Waals surface area contributed by atoms with Gasteiger partial charge in [0.25, 0.3) is 0 Å². The normalized spacial score (nSPS) is 13.6. The monoisotopic (exact) mass is 246 g/mol. The van der Waals surface area contributed by atoms with Gasteiger partial charge in [-0.25, -0.2) is 4.79 Å². The molecule has 0 radical (unpaired) electrons. The van der Waals surface area contributed by atoms with Crippen LogP contribution < -0.4 is 11.1 Å². The van der Waals surface area contributed by atoms with Gasteiger partial charge < -0.3 is 20.9 Å². The van der Waals surface area contributed by atoms with Gasteiger partial charge in [0, 0.05) is 18.9 Å². The smallest absolute Gasteiger partial charge is 0.326 e. The number of carboxylic acid groups (broad SMARTS) is 1. The van der Waals surface area contributed by atoms with Gasteiger partial charge in [0.1, 0.15) is 6.04 Å². The molecular formula is C10H18N2O5. The Morgan fingerprint density at radius 2 is 2.00 bits per heavy atom. The Bertz CT molecular complexity index is 290. The molecule has 0 saturated heterocycles. The maximum Gasteiger partial charge on any atom is 0.326 e. The first-order valence-electron chi connectivity index (χ1n) is 5.21. The number of esters is 1. The molecule has 7 heteroatoms. The van der Waals surface area contributed by atoms with E-state index < -0.39 is 23.9 Å². The molecule has 0 aromatic rings. The molecule has 2 atom stereocenters. The number of nitrogens with two attached hydrogens (primary N) is 1. The predicted molar refractivity (Wildman–Crippen MR) is 59.1 cm³/mol. The average Bonchev–Trinajstić information content (AvgIpc) is 2.22. The zero-order valence-corrected chi connectivity index (χ0v) is 9.93. The molecule has 0 bridgehead atoms. The van der Waals surface area contributed by atoms with Crippen LogP contribution in [0, 0.1) is 0 Å². The van der Waals surface area contributed by atoms with Crippen molar-refractivity contribution in [3.8, 4) is 0 Å². The van der Waals surface area contributed by atoms with Crippen molar-refractivity contribution in [2.45, 2.75) is 38.3 Å². The zero-order chi connectivity index (χ0) is 13.4. The van der Waals surface area contributed by atoms with Crippen LogP contribution in [0.5, 0.6) is 0 Å². The Labute approximate surface area is 99.3 Å². The molecule has 4 N–H and O–H groups in total. The third-order valence-corrected chi connectivity index (χ3v) is 2.01. The van der Waals surface area contributed by atoms with Gasteiger partial charge in [-0.05, 0) is 13.3 Å². The third-order valence-electron chi connectivity index (χ3n) is 2.01. The SMILES string of the molecule is COC(=O)CC[C@H](NC(=O)CC(C)N)C(=O)O. The van der Waals surface area contributed by atoms with Gasteiger partial charge >= 0.3 is 11.9 Å². The molecule has 17 heavy (non-hydrogen) atoms. The van der Waals surface area contributed by atoms with E-state index in [1.807, 2.05) is 0 Å². The summed E-state index contributed by atoms with van der Waals surface area (Å²) in [6, 6.07) is -1.44. The molecule has 0 saturated carbocycles. The molecule has 1 unspecified atom stereocenters. The Morgan fingerprint density at radius 3 is 2.41 bits per heavy atom. The number of carboxylic acids is 1. The molecule has 0 fully saturated rings. The van der Waals surface area contributed by atoms with E-state index in [9.17, 15) is 14.4 Å². The van der Waals surface area contributed by atoms with Gasteiger partial charge in [0.2, 0.25) is 5.91 Å². The highest BCUT2D eigenvalue weighted by molar-refractivity contribution is 5.84. The van der Waals surface area contributed by atoms with Crippen LogP contribution >= 0.6 is 0 Å². The van der Waals surface area contributed by atoms with Gasteiger partial charge in [-0.3, -0.25) is 9.59 Å². The van der Waals surface area contributed by atoms with Crippen LogP contribution in [0.1, 0.15) is 26.2 Å². The molecule has 0 aromatic carbocycles. The number of carbonyl (C=O) groups excluding carboxylic acids is 2. The lowest BCUT2D eigenvalue weighted by atomic mass is 10.1. The molecule has 0 rings (SSSR count). The molecule has 0 spiro atoms. The molecule has 0 aliphatic carbocycles. The average molecular weight is 246 g/mol. The minimum Gasteiger partial charge on any atom is -0.480 e. The molecule has 7 nitrogen and oxygen atoms in total. The quantitative estimate of drug-likeness (QED) is 0.508. The Balaban J connectivity index is 4.20. The Kier molecular flexibility index (Phi) is 6.88. The molecule has 1 amide bonds. The van der Waals surface area contributed by atoms with Crippen molar-refractivity contribution in [1.29, 1.82) is 0 Å². The first-order valence-corrected chi connectivity index (χ1v) is 5.21. The van der Waals surface area contributed by atoms with E-state index in [1.54, 1.807) is 6.92 Å². The second-order valence-electron chi connectivity index (χ2n) is 3.75. The first kappa shape index (κ1) is 15.4. The number of amides is 1. The molecular weight excluding hydrogens is 228 g/mol. The topological polar surface area (TPSA) is 119 Å². The molecule has 0 heterocycles. The van der Waals surface area contributed by atoms with E-state index in [4.69, 9.17) is 10.8 Å². The van der Waals surface area contributed by atoms with E-state index >= 15 is 0 Å². The third kappa shape index (κ3) is 7.29. The number of ether oxygens (including phenoxy) is 1. The highest BCUT2D eigenvalue weighted by atomic mass is 16.5. The van der Waals surface area contributed by atoms with Crippen molar-refractivity contribution in [3.63, 3.8) is 0 Å². The van der Waals surface area contributed by atoms with Gasteiger partial charge in [0.15, 0.2) is 0 Å². The lowest BCUT2D eigenvalue weighted by Crippen LogP contribution is -2.42. The number of hydrogen-bond acceptors (Lipinski definition) is 5. The van der Waals surface area contributed by atoms with E-state index in [2.05, 4.69) is 10.1 Å². The second-order valence-corrected chi connectivity index (χ2v) is 3.75. The summed E-state index contributed by atoms with van der Waals surface area (Å²) in [5, 5.41) is 11.1. The summed E-state index contributed by atoms with van der Waals surface area (Å²) in [7, 11) is 1.22. The fourth-order valence-electron chi connectivity index (χ4n) is 1.17. The standard InChI is InChI=1S/C10H18N2O5/c1-6(11)5-8(13)12-7(10(15)16)3-4-9(14)17-2/h6-7H,3-5,11H2,1-2H3,(H,12,13)(H,15,16)/t6?,7-/m0/s1. The van der Waals surface area contributed by atoms with Crippen LogP contribution in [0.4, 0.5) is 0 Å². The summed E-state index contributed by atoms with van der Waals surface area (Å²) in [6.45, 7) is 1.64. The highest BCUT2D eigenvalue weighted by Gasteiger charge is 2.21. The van der Waals surface area contributed by atoms with Crippen molar-refractivity contribution >= 4 is 17.8 Å². The number of aliphatic carboxylic acids is 1. The van der Waals surface area contributed by atoms with Crippen LogP contribution in [0.15, 0.2) is 0 Å². The number of nitrogens with one attached hydrogen (secondary N) is 1. The Morgan fingerprint density at radius 1 is 1.41 bits per heavy atom. The van der Waals surface area contributed by atoms with Gasteiger partial charge in [-0.1, -0.05) is 0 Å². The number of rotatable bonds is 7. The first-order chi connectivity index (χ1) is 7.86. The minimum absolute atomic E-state index is 0.00724. The van der Waals surface area contributed by atoms with Crippen LogP contribution in [0.3, 0.4) is 0 Å². The molecule has 0 aliphatic rings. The van der Waals surface area contributed by atoms with E-state index in [-0.39, 0.29) is 25.3 Å². The van der Waals surface area contributed by atoms with E-state index in [1.165, 1.54) is 7.11 Å². The minimum atomic E-state index is -1.19. The molecule has 98 valence electrons. The van der Waals surface area contributed by atoms with Crippen molar-refractivity contribution in [2.75, 3.05) is 7.11 Å². The van der Waals surface area contributed by atoms with Gasteiger partial charge in [-0.2, -0.15) is 0 Å². The lowest BCUT2D eigenvalue weighted by Gasteiger charge is -2.14. The van der Waals surface area contributed by atoms with Crippen molar-refractivity contribution in [2.24, 2.45) is 5.73 Å². The number of carbonyl (C=O) groups is 3. The van der Waals surface area contributed by atoms with Crippen LogP contribution in [0.2, 0.25) is 0 Å². The van der Waals surface area contributed by atoms with E-state index in [0.29, 0.717) is 0 Å². The maximum absolute atomic E-state index is 11.3. The van der Waals surface area contributed by atoms with Crippen molar-refractivity contribution < 1.29 is 24.2 Å². The fraction of sp³-hybridized carbons (Fsp3) is 0.700. The van der Waals surface area contributed by atoms with Gasteiger partial charge in [-0.15, -0.1) is 0 Å². The second kappa shape index (κ2) is 7.61. The van der Waals surface area contributed by atoms with Crippen LogP contribution in [0.25, 0.3) is 0 Å². The maximum atomic E-state index is 11.3. The molecule has 0 aliphatic heterocycles. The summed E-state index contributed by atoms with van der Waals surface area (Å²) in [5.41, 5.74) is 5.41. The summed E-state index contributed by atoms with van der Waals surface area (Å²) in [4.78, 5) is 33.0.